The highest BCUT2D eigenvalue weighted by atomic mass is 31.2. The summed E-state index contributed by atoms with van der Waals surface area (Å²) in [6.07, 6.45) is 0. The molecule has 0 aliphatic heterocycles. The van der Waals surface area contributed by atoms with Crippen LogP contribution in [0.4, 0.5) is 0 Å². The first kappa shape index (κ1) is 55.7. The molecular formula is C66H87O4P. The van der Waals surface area contributed by atoms with Gasteiger partial charge < -0.3 is 0 Å². The Bertz CT molecular complexity index is 2390. The zero-order chi connectivity index (χ0) is 53.0. The van der Waals surface area contributed by atoms with Gasteiger partial charge in [0.25, 0.3) is 0 Å². The second-order valence-electron chi connectivity index (χ2n) is 26.8. The monoisotopic (exact) mass is 975 g/mol. The summed E-state index contributed by atoms with van der Waals surface area (Å²) in [5.74, 6) is 0. The van der Waals surface area contributed by atoms with Gasteiger partial charge in [-0.3, -0.25) is 13.6 Å². The summed E-state index contributed by atoms with van der Waals surface area (Å²) in [6, 6.07) is 51.1. The Morgan fingerprint density at radius 1 is 0.239 bits per heavy atom. The first-order valence-corrected chi connectivity index (χ1v) is 27.2. The van der Waals surface area contributed by atoms with Gasteiger partial charge in [0.1, 0.15) is 16.8 Å². The van der Waals surface area contributed by atoms with Crippen LogP contribution in [0.3, 0.4) is 0 Å². The lowest BCUT2D eigenvalue weighted by molar-refractivity contribution is -0.0291. The minimum absolute atomic E-state index is 0.190. The Morgan fingerprint density at radius 3 is 0.493 bits per heavy atom. The molecule has 0 saturated carbocycles. The van der Waals surface area contributed by atoms with Gasteiger partial charge in [-0.2, -0.15) is 0 Å². The standard InChI is InChI=1S/C66H87O4P/c1-58(2,3)46-28-22-34-52(40-46)64(19,53-35-23-29-47(41-53)59(4,5)6)68-71(67,69-65(20,54-36-24-30-48(42-54)60(7,8)9)55-37-25-31-49(43-55)61(10,11)12)70-66(21,56-38-26-32-50(44-56)62(13,14)15)57-39-27-33-51(45-57)63(16,17)18/h22-45H,1-21H3. The number of hydrogen-bond donors (Lipinski definition) is 0. The van der Waals surface area contributed by atoms with Crippen molar-refractivity contribution >= 4 is 7.82 Å². The molecule has 0 heterocycles. The molecule has 6 rings (SSSR count). The van der Waals surface area contributed by atoms with Crippen molar-refractivity contribution < 1.29 is 18.1 Å². The van der Waals surface area contributed by atoms with Crippen LogP contribution in [0.2, 0.25) is 0 Å². The van der Waals surface area contributed by atoms with Crippen LogP contribution in [0.15, 0.2) is 146 Å². The average molecular weight is 975 g/mol. The number of phosphoric acid groups is 1. The third kappa shape index (κ3) is 12.4. The van der Waals surface area contributed by atoms with Crippen LogP contribution in [-0.2, 0) is 67.4 Å². The molecule has 0 spiro atoms. The summed E-state index contributed by atoms with van der Waals surface area (Å²) in [6.45, 7) is 46.0. The van der Waals surface area contributed by atoms with Crippen molar-refractivity contribution in [2.45, 2.75) is 195 Å². The second-order valence-corrected chi connectivity index (χ2v) is 28.2. The molecule has 0 aromatic heterocycles. The van der Waals surface area contributed by atoms with Crippen LogP contribution < -0.4 is 0 Å². The van der Waals surface area contributed by atoms with E-state index in [9.17, 15) is 0 Å². The predicted molar refractivity (Wildman–Crippen MR) is 301 cm³/mol. The SMILES string of the molecule is CC(C)(C)c1cccc(C(C)(OP(=O)(OC(C)(c2cccc(C(C)(C)C)c2)c2cccc(C(C)(C)C)c2)OC(C)(c2cccc(C(C)(C)C)c2)c2cccc(C(C)(C)C)c2)c2cccc(C(C)(C)C)c2)c1. The topological polar surface area (TPSA) is 44.8 Å². The maximum Gasteiger partial charge on any atom is 0.478 e. The number of phosphoric ester groups is 1. The van der Waals surface area contributed by atoms with Gasteiger partial charge in [0.15, 0.2) is 0 Å². The van der Waals surface area contributed by atoms with Gasteiger partial charge in [-0.05, 0) is 120 Å². The van der Waals surface area contributed by atoms with Crippen LogP contribution >= 0.6 is 7.82 Å². The summed E-state index contributed by atoms with van der Waals surface area (Å²) in [5.41, 5.74) is 6.49. The summed E-state index contributed by atoms with van der Waals surface area (Å²) in [4.78, 5) is 0. The highest BCUT2D eigenvalue weighted by Gasteiger charge is 2.52. The van der Waals surface area contributed by atoms with E-state index in [4.69, 9.17) is 13.6 Å². The molecule has 71 heavy (non-hydrogen) atoms. The molecule has 0 N–H and O–H groups in total. The van der Waals surface area contributed by atoms with Crippen molar-refractivity contribution in [3.8, 4) is 0 Å². The Morgan fingerprint density at radius 2 is 0.366 bits per heavy atom. The van der Waals surface area contributed by atoms with Gasteiger partial charge in [0, 0.05) is 0 Å². The third-order valence-corrected chi connectivity index (χ3v) is 16.3. The van der Waals surface area contributed by atoms with Crippen LogP contribution in [-0.4, -0.2) is 0 Å². The van der Waals surface area contributed by atoms with Gasteiger partial charge in [-0.15, -0.1) is 0 Å². The van der Waals surface area contributed by atoms with Crippen LogP contribution in [0.5, 0.6) is 0 Å². The lowest BCUT2D eigenvalue weighted by atomic mass is 9.79. The third-order valence-electron chi connectivity index (χ3n) is 14.6. The van der Waals surface area contributed by atoms with Gasteiger partial charge >= 0.3 is 7.82 Å². The van der Waals surface area contributed by atoms with Gasteiger partial charge in [-0.25, -0.2) is 4.57 Å². The quantitative estimate of drug-likeness (QED) is 0.115. The fourth-order valence-electron chi connectivity index (χ4n) is 9.24. The Labute approximate surface area is 431 Å². The van der Waals surface area contributed by atoms with E-state index in [1.165, 1.54) is 0 Å². The summed E-state index contributed by atoms with van der Waals surface area (Å²) in [5, 5.41) is 0. The molecule has 6 aromatic rings. The lowest BCUT2D eigenvalue weighted by Crippen LogP contribution is -2.36. The molecule has 5 heteroatoms. The molecule has 0 aliphatic carbocycles. The van der Waals surface area contributed by atoms with E-state index in [-0.39, 0.29) is 32.5 Å². The van der Waals surface area contributed by atoms with Crippen molar-refractivity contribution in [2.75, 3.05) is 0 Å². The van der Waals surface area contributed by atoms with E-state index >= 15 is 4.57 Å². The zero-order valence-corrected chi connectivity index (χ0v) is 48.3. The first-order chi connectivity index (χ1) is 32.4. The predicted octanol–water partition coefficient (Wildman–Crippen LogP) is 18.8. The average Bonchev–Trinajstić information content (AvgIpc) is 3.27. The minimum Gasteiger partial charge on any atom is -0.271 e. The molecule has 0 aliphatic rings. The molecule has 0 saturated heterocycles. The van der Waals surface area contributed by atoms with E-state index in [1.807, 2.05) is 20.8 Å². The Balaban J connectivity index is 1.78. The molecule has 0 amide bonds. The lowest BCUT2D eigenvalue weighted by Gasteiger charge is -2.43. The van der Waals surface area contributed by atoms with Gasteiger partial charge in [-0.1, -0.05) is 270 Å². The summed E-state index contributed by atoms with van der Waals surface area (Å²) < 4.78 is 40.9. The van der Waals surface area contributed by atoms with E-state index < -0.39 is 24.6 Å². The zero-order valence-electron chi connectivity index (χ0n) is 47.4. The molecule has 4 nitrogen and oxygen atoms in total. The normalized spacial score (nSPS) is 13.9. The van der Waals surface area contributed by atoms with Crippen molar-refractivity contribution in [1.29, 1.82) is 0 Å². The molecule has 0 atom stereocenters. The van der Waals surface area contributed by atoms with E-state index in [0.717, 1.165) is 66.8 Å². The molecule has 0 radical (unpaired) electrons. The van der Waals surface area contributed by atoms with E-state index in [0.29, 0.717) is 0 Å². The highest BCUT2D eigenvalue weighted by Crippen LogP contribution is 2.65. The first-order valence-electron chi connectivity index (χ1n) is 25.8. The van der Waals surface area contributed by atoms with Crippen molar-refractivity contribution in [2.24, 2.45) is 0 Å². The van der Waals surface area contributed by atoms with Crippen LogP contribution in [0.1, 0.15) is 212 Å². The maximum absolute atomic E-state index is 17.7. The van der Waals surface area contributed by atoms with Crippen molar-refractivity contribution in [3.05, 3.63) is 212 Å². The fraction of sp³-hybridized carbons (Fsp3) is 0.455. The summed E-state index contributed by atoms with van der Waals surface area (Å²) >= 11 is 0. The molecule has 0 fully saturated rings. The highest BCUT2D eigenvalue weighted by molar-refractivity contribution is 7.48. The Hall–Kier alpha value is -4.57. The summed E-state index contributed by atoms with van der Waals surface area (Å²) in [7, 11) is -4.91. The second kappa shape index (κ2) is 19.4. The molecule has 0 unspecified atom stereocenters. The number of rotatable bonds is 12. The van der Waals surface area contributed by atoms with Gasteiger partial charge in [0.2, 0.25) is 0 Å². The minimum atomic E-state index is -4.91. The van der Waals surface area contributed by atoms with E-state index in [2.05, 4.69) is 270 Å². The van der Waals surface area contributed by atoms with Crippen LogP contribution in [0.25, 0.3) is 0 Å². The van der Waals surface area contributed by atoms with Crippen molar-refractivity contribution in [1.82, 2.24) is 0 Å². The number of hydrogen-bond acceptors (Lipinski definition) is 4. The van der Waals surface area contributed by atoms with Crippen LogP contribution in [0, 0.1) is 0 Å². The van der Waals surface area contributed by atoms with E-state index in [1.54, 1.807) is 0 Å². The smallest absolute Gasteiger partial charge is 0.271 e. The van der Waals surface area contributed by atoms with Gasteiger partial charge in [0.05, 0.1) is 0 Å². The molecule has 6 aromatic carbocycles. The van der Waals surface area contributed by atoms with Crippen molar-refractivity contribution in [3.63, 3.8) is 0 Å². The number of benzene rings is 6. The molecule has 380 valence electrons. The maximum atomic E-state index is 17.7. The largest absolute Gasteiger partial charge is 0.478 e. The Kier molecular flexibility index (Phi) is 15.2. The molecular weight excluding hydrogens is 888 g/mol. The fourth-order valence-corrected chi connectivity index (χ4v) is 11.3. The molecule has 0 bridgehead atoms.